The molecule has 0 aliphatic heterocycles. The molecule has 6 aromatic carbocycles. The predicted octanol–water partition coefficient (Wildman–Crippen LogP) is 10.1. The van der Waals surface area contributed by atoms with Crippen LogP contribution in [0.4, 0.5) is 0 Å². The van der Waals surface area contributed by atoms with Crippen LogP contribution in [0.5, 0.6) is 0 Å². The van der Waals surface area contributed by atoms with Crippen LogP contribution in [0.25, 0.3) is 76.9 Å². The number of rotatable bonds is 2. The fourth-order valence-electron chi connectivity index (χ4n) is 6.69. The highest BCUT2D eigenvalue weighted by Gasteiger charge is 2.20. The summed E-state index contributed by atoms with van der Waals surface area (Å²) >= 11 is 0. The van der Waals surface area contributed by atoms with Crippen molar-refractivity contribution in [1.82, 2.24) is 9.13 Å². The molecular formula is C37H24N2O. The van der Waals surface area contributed by atoms with Gasteiger partial charge in [0.25, 0.3) is 0 Å². The third-order valence-electron chi connectivity index (χ3n) is 8.44. The van der Waals surface area contributed by atoms with Crippen molar-refractivity contribution in [3.8, 4) is 11.4 Å². The zero-order valence-corrected chi connectivity index (χ0v) is 21.9. The van der Waals surface area contributed by atoms with Crippen molar-refractivity contribution in [2.45, 2.75) is 6.92 Å². The molecule has 0 spiro atoms. The lowest BCUT2D eigenvalue weighted by Gasteiger charge is -2.12. The molecule has 3 nitrogen and oxygen atoms in total. The van der Waals surface area contributed by atoms with Gasteiger partial charge < -0.3 is 13.6 Å². The number of aryl methyl sites for hydroxylation is 1. The first-order valence-electron chi connectivity index (χ1n) is 13.7. The predicted molar refractivity (Wildman–Crippen MR) is 167 cm³/mol. The Balaban J connectivity index is 1.40. The summed E-state index contributed by atoms with van der Waals surface area (Å²) in [6.07, 6.45) is 0. The van der Waals surface area contributed by atoms with Gasteiger partial charge in [-0.2, -0.15) is 0 Å². The molecule has 188 valence electrons. The van der Waals surface area contributed by atoms with Gasteiger partial charge in [-0.05, 0) is 61.0 Å². The van der Waals surface area contributed by atoms with Crippen molar-refractivity contribution >= 4 is 65.6 Å². The third-order valence-corrected chi connectivity index (χ3v) is 8.44. The van der Waals surface area contributed by atoms with Gasteiger partial charge in [0.05, 0.1) is 33.1 Å². The topological polar surface area (TPSA) is 23.0 Å². The Morgan fingerprint density at radius 2 is 1.02 bits per heavy atom. The highest BCUT2D eigenvalue weighted by Crippen LogP contribution is 2.41. The van der Waals surface area contributed by atoms with Crippen molar-refractivity contribution in [2.24, 2.45) is 0 Å². The summed E-state index contributed by atoms with van der Waals surface area (Å²) in [5.41, 5.74) is 10.1. The summed E-state index contributed by atoms with van der Waals surface area (Å²) in [5, 5.41) is 7.32. The maximum atomic E-state index is 6.38. The minimum Gasteiger partial charge on any atom is -0.456 e. The van der Waals surface area contributed by atoms with Crippen LogP contribution in [0.1, 0.15) is 5.56 Å². The summed E-state index contributed by atoms with van der Waals surface area (Å²) < 4.78 is 11.2. The maximum absolute atomic E-state index is 6.38. The second-order valence-corrected chi connectivity index (χ2v) is 10.6. The molecule has 0 unspecified atom stereocenters. The van der Waals surface area contributed by atoms with Crippen molar-refractivity contribution < 1.29 is 4.42 Å². The molecule has 3 heteroatoms. The summed E-state index contributed by atoms with van der Waals surface area (Å²) in [5.74, 6) is 0. The van der Waals surface area contributed by atoms with E-state index in [1.165, 1.54) is 43.6 Å². The number of aromatic nitrogens is 2. The van der Waals surface area contributed by atoms with Crippen LogP contribution in [0.15, 0.2) is 132 Å². The lowest BCUT2D eigenvalue weighted by Crippen LogP contribution is -1.96. The lowest BCUT2D eigenvalue weighted by atomic mass is 10.1. The Hall–Kier alpha value is -5.28. The number of fused-ring (bicyclic) bond motifs is 9. The minimum atomic E-state index is 0.919. The molecule has 0 atom stereocenters. The van der Waals surface area contributed by atoms with Gasteiger partial charge in [-0.25, -0.2) is 0 Å². The van der Waals surface area contributed by atoms with E-state index >= 15 is 0 Å². The van der Waals surface area contributed by atoms with Crippen LogP contribution in [0.3, 0.4) is 0 Å². The number of hydrogen-bond acceptors (Lipinski definition) is 1. The summed E-state index contributed by atoms with van der Waals surface area (Å²) in [6.45, 7) is 2.12. The second-order valence-electron chi connectivity index (χ2n) is 10.6. The number of nitrogens with zero attached hydrogens (tertiary/aromatic N) is 2. The van der Waals surface area contributed by atoms with Gasteiger partial charge in [0, 0.05) is 32.6 Å². The van der Waals surface area contributed by atoms with Crippen LogP contribution in [0, 0.1) is 6.92 Å². The SMILES string of the molecule is Cc1ccc(-n2c3ccccc3c3cc(-n4c5ccccc5c5ccccc54)ccc32)c2c1oc1ccccc12. The monoisotopic (exact) mass is 512 g/mol. The molecule has 0 fully saturated rings. The van der Waals surface area contributed by atoms with Crippen molar-refractivity contribution in [3.05, 3.63) is 133 Å². The summed E-state index contributed by atoms with van der Waals surface area (Å²) in [4.78, 5) is 0. The van der Waals surface area contributed by atoms with Gasteiger partial charge in [0.2, 0.25) is 0 Å². The number of furan rings is 1. The van der Waals surface area contributed by atoms with E-state index in [0.29, 0.717) is 0 Å². The van der Waals surface area contributed by atoms with E-state index in [2.05, 4.69) is 137 Å². The Morgan fingerprint density at radius 3 is 1.73 bits per heavy atom. The van der Waals surface area contributed by atoms with E-state index in [1.807, 2.05) is 6.07 Å². The zero-order valence-electron chi connectivity index (χ0n) is 21.9. The molecule has 3 heterocycles. The Kier molecular flexibility index (Phi) is 4.26. The third kappa shape index (κ3) is 2.79. The number of para-hydroxylation sites is 4. The van der Waals surface area contributed by atoms with Gasteiger partial charge in [0.15, 0.2) is 0 Å². The average molecular weight is 513 g/mol. The number of hydrogen-bond donors (Lipinski definition) is 0. The van der Waals surface area contributed by atoms with Crippen LogP contribution in [0.2, 0.25) is 0 Å². The fourth-order valence-corrected chi connectivity index (χ4v) is 6.69. The highest BCUT2D eigenvalue weighted by atomic mass is 16.3. The molecule has 0 radical (unpaired) electrons. The quantitative estimate of drug-likeness (QED) is 0.226. The van der Waals surface area contributed by atoms with Gasteiger partial charge in [-0.15, -0.1) is 0 Å². The summed E-state index contributed by atoms with van der Waals surface area (Å²) in [6, 6.07) is 45.8. The van der Waals surface area contributed by atoms with Crippen LogP contribution in [-0.4, -0.2) is 9.13 Å². The smallest absolute Gasteiger partial charge is 0.140 e. The molecule has 40 heavy (non-hydrogen) atoms. The van der Waals surface area contributed by atoms with Crippen molar-refractivity contribution in [1.29, 1.82) is 0 Å². The zero-order chi connectivity index (χ0) is 26.4. The Bertz CT molecular complexity index is 2400. The lowest BCUT2D eigenvalue weighted by molar-refractivity contribution is 0.665. The maximum Gasteiger partial charge on any atom is 0.140 e. The first-order chi connectivity index (χ1) is 19.8. The van der Waals surface area contributed by atoms with Crippen molar-refractivity contribution in [3.63, 3.8) is 0 Å². The van der Waals surface area contributed by atoms with Gasteiger partial charge >= 0.3 is 0 Å². The molecule has 0 aliphatic rings. The Morgan fingerprint density at radius 1 is 0.475 bits per heavy atom. The molecule has 0 saturated heterocycles. The summed E-state index contributed by atoms with van der Waals surface area (Å²) in [7, 11) is 0. The average Bonchev–Trinajstić information content (AvgIpc) is 3.66. The standard InChI is InChI=1S/C37H24N2O/c1-23-18-20-34(36-28-13-5-9-17-35(28)40-37(23)36)39-32-16-8-4-12-27(32)29-22-24(19-21-33(29)39)38-30-14-6-2-10-25(30)26-11-3-7-15-31(26)38/h2-22H,1H3. The van der Waals surface area contributed by atoms with E-state index in [9.17, 15) is 0 Å². The van der Waals surface area contributed by atoms with Crippen LogP contribution >= 0.6 is 0 Å². The van der Waals surface area contributed by atoms with Gasteiger partial charge in [0.1, 0.15) is 11.2 Å². The first kappa shape index (κ1) is 21.6. The van der Waals surface area contributed by atoms with Gasteiger partial charge in [-0.3, -0.25) is 0 Å². The van der Waals surface area contributed by atoms with E-state index in [0.717, 1.165) is 38.9 Å². The molecule has 0 N–H and O–H groups in total. The molecule has 0 saturated carbocycles. The van der Waals surface area contributed by atoms with E-state index in [1.54, 1.807) is 0 Å². The van der Waals surface area contributed by atoms with E-state index in [4.69, 9.17) is 4.42 Å². The molecule has 0 amide bonds. The molecule has 9 aromatic rings. The molecular weight excluding hydrogens is 488 g/mol. The van der Waals surface area contributed by atoms with E-state index < -0.39 is 0 Å². The first-order valence-corrected chi connectivity index (χ1v) is 13.7. The van der Waals surface area contributed by atoms with Gasteiger partial charge in [-0.1, -0.05) is 78.9 Å². The largest absolute Gasteiger partial charge is 0.456 e. The van der Waals surface area contributed by atoms with Crippen LogP contribution < -0.4 is 0 Å². The normalized spacial score (nSPS) is 12.1. The van der Waals surface area contributed by atoms with Crippen LogP contribution in [-0.2, 0) is 0 Å². The molecule has 0 bridgehead atoms. The molecule has 0 aliphatic carbocycles. The Labute approximate surface area is 230 Å². The second kappa shape index (κ2) is 7.87. The molecule has 3 aromatic heterocycles. The molecule has 9 rings (SSSR count). The number of benzene rings is 6. The van der Waals surface area contributed by atoms with E-state index in [-0.39, 0.29) is 0 Å². The fraction of sp³-hybridized carbons (Fsp3) is 0.0270. The highest BCUT2D eigenvalue weighted by molar-refractivity contribution is 6.15. The van der Waals surface area contributed by atoms with Crippen molar-refractivity contribution in [2.75, 3.05) is 0 Å². The minimum absolute atomic E-state index is 0.919.